The normalized spacial score (nSPS) is 9.42. The second-order valence-electron chi connectivity index (χ2n) is 3.35. The van der Waals surface area contributed by atoms with Gasteiger partial charge in [-0.15, -0.1) is 0 Å². The van der Waals surface area contributed by atoms with Crippen LogP contribution in [0.25, 0.3) is 0 Å². The molecule has 0 atom stereocenters. The molecule has 0 aromatic rings. The summed E-state index contributed by atoms with van der Waals surface area (Å²) < 4.78 is 0. The summed E-state index contributed by atoms with van der Waals surface area (Å²) in [4.78, 5) is 0. The van der Waals surface area contributed by atoms with Crippen LogP contribution in [0.2, 0.25) is 12.6 Å². The minimum absolute atomic E-state index is 1.01. The number of allylic oxidation sites excluding steroid dienone is 1. The van der Waals surface area contributed by atoms with E-state index in [1.165, 1.54) is 5.57 Å². The van der Waals surface area contributed by atoms with Gasteiger partial charge in [0.25, 0.3) is 0 Å². The van der Waals surface area contributed by atoms with Gasteiger partial charge in [0, 0.05) is 0 Å². The molecular formula is C10H18B2. The van der Waals surface area contributed by atoms with Crippen LogP contribution in [0.3, 0.4) is 0 Å². The minimum atomic E-state index is 1.01. The average Bonchev–Trinajstić information content (AvgIpc) is 2.01. The van der Waals surface area contributed by atoms with E-state index in [-0.39, 0.29) is 0 Å². The SMILES string of the molecule is [B]=C(CC[B]CC)CCC(=C)C. The molecule has 0 heterocycles. The van der Waals surface area contributed by atoms with Gasteiger partial charge in [0.2, 0.25) is 0 Å². The molecule has 0 aliphatic heterocycles. The number of hydrogen-bond acceptors (Lipinski definition) is 0. The average molecular weight is 160 g/mol. The maximum absolute atomic E-state index is 5.82. The molecule has 0 aromatic carbocycles. The predicted octanol–water partition coefficient (Wildman–Crippen LogP) is 2.63. The summed E-state index contributed by atoms with van der Waals surface area (Å²) in [5.41, 5.74) is 2.33. The van der Waals surface area contributed by atoms with Crippen LogP contribution in [0, 0.1) is 0 Å². The number of hydrogen-bond donors (Lipinski definition) is 0. The van der Waals surface area contributed by atoms with Crippen molar-refractivity contribution in [3.8, 4) is 0 Å². The standard InChI is InChI=1S/C10H18B2/c1-4-12-8-7-10(11)6-5-9(2)3/h2,4-8H2,1,3H3. The molecule has 0 aromatic heterocycles. The molecule has 0 fully saturated rings. The first-order chi connectivity index (χ1) is 5.66. The van der Waals surface area contributed by atoms with Crippen LogP contribution in [-0.2, 0) is 0 Å². The summed E-state index contributed by atoms with van der Waals surface area (Å²) in [6, 6.07) is 0. The van der Waals surface area contributed by atoms with Crippen LogP contribution in [-0.4, -0.2) is 20.2 Å². The Kier molecular flexibility index (Phi) is 7.23. The zero-order valence-electron chi connectivity index (χ0n) is 8.40. The quantitative estimate of drug-likeness (QED) is 0.305. The summed E-state index contributed by atoms with van der Waals surface area (Å²) in [5.74, 6) is 0. The molecule has 0 unspecified atom stereocenters. The van der Waals surface area contributed by atoms with Gasteiger partial charge in [-0.1, -0.05) is 0 Å². The molecule has 64 valence electrons. The Morgan fingerprint density at radius 3 is 2.50 bits per heavy atom. The topological polar surface area (TPSA) is 0 Å². The van der Waals surface area contributed by atoms with Crippen LogP contribution in [0.5, 0.6) is 0 Å². The van der Waals surface area contributed by atoms with Crippen LogP contribution in [0.1, 0.15) is 33.1 Å². The van der Waals surface area contributed by atoms with Gasteiger partial charge in [-0.05, 0) is 0 Å². The third-order valence-electron chi connectivity index (χ3n) is 1.83. The summed E-state index contributed by atoms with van der Waals surface area (Å²) in [6.45, 7) is 8.05. The van der Waals surface area contributed by atoms with Crippen LogP contribution >= 0.6 is 0 Å². The molecule has 12 heavy (non-hydrogen) atoms. The Morgan fingerprint density at radius 1 is 1.33 bits per heavy atom. The third kappa shape index (κ3) is 7.84. The maximum atomic E-state index is 5.82. The van der Waals surface area contributed by atoms with Gasteiger partial charge in [-0.3, -0.25) is 0 Å². The van der Waals surface area contributed by atoms with Crippen molar-refractivity contribution < 1.29 is 0 Å². The fourth-order valence-corrected chi connectivity index (χ4v) is 0.991. The molecule has 0 aliphatic rings. The second-order valence-corrected chi connectivity index (χ2v) is 3.35. The van der Waals surface area contributed by atoms with Gasteiger partial charge < -0.3 is 0 Å². The zero-order valence-corrected chi connectivity index (χ0v) is 8.40. The van der Waals surface area contributed by atoms with Crippen molar-refractivity contribution in [1.82, 2.24) is 0 Å². The van der Waals surface area contributed by atoms with Gasteiger partial charge in [-0.25, -0.2) is 0 Å². The predicted molar refractivity (Wildman–Crippen MR) is 60.5 cm³/mol. The van der Waals surface area contributed by atoms with Gasteiger partial charge >= 0.3 is 78.1 Å². The molecule has 0 amide bonds. The van der Waals surface area contributed by atoms with E-state index in [2.05, 4.69) is 20.8 Å². The molecule has 0 nitrogen and oxygen atoms in total. The van der Waals surface area contributed by atoms with E-state index in [0.717, 1.165) is 37.4 Å². The Balaban J connectivity index is 3.28. The van der Waals surface area contributed by atoms with Crippen LogP contribution in [0.15, 0.2) is 12.2 Å². The van der Waals surface area contributed by atoms with Gasteiger partial charge in [-0.2, -0.15) is 0 Å². The van der Waals surface area contributed by atoms with Gasteiger partial charge in [0.15, 0.2) is 0 Å². The Bertz CT molecular complexity index is 150. The summed E-state index contributed by atoms with van der Waals surface area (Å²) >= 11 is 0. The molecule has 0 bridgehead atoms. The first-order valence-electron chi connectivity index (χ1n) is 4.73. The Labute approximate surface area is 78.8 Å². The van der Waals surface area contributed by atoms with Crippen molar-refractivity contribution in [2.45, 2.75) is 45.8 Å². The van der Waals surface area contributed by atoms with Crippen molar-refractivity contribution in [1.29, 1.82) is 0 Å². The van der Waals surface area contributed by atoms with Crippen molar-refractivity contribution in [3.05, 3.63) is 12.2 Å². The van der Waals surface area contributed by atoms with E-state index in [4.69, 9.17) is 7.49 Å². The summed E-state index contributed by atoms with van der Waals surface area (Å²) in [5, 5.41) is 0. The second kappa shape index (κ2) is 7.39. The third-order valence-corrected chi connectivity index (χ3v) is 1.83. The fraction of sp³-hybridized carbons (Fsp3) is 0.700. The van der Waals surface area contributed by atoms with E-state index < -0.39 is 0 Å². The molecule has 2 radical (unpaired) electrons. The molecule has 0 saturated heterocycles. The van der Waals surface area contributed by atoms with Crippen molar-refractivity contribution >= 4 is 20.2 Å². The molecule has 2 heteroatoms. The molecule has 0 N–H and O–H groups in total. The van der Waals surface area contributed by atoms with E-state index in [0.29, 0.717) is 0 Å². The molecule has 0 saturated carbocycles. The van der Waals surface area contributed by atoms with Crippen molar-refractivity contribution in [3.63, 3.8) is 0 Å². The fourth-order valence-electron chi connectivity index (χ4n) is 0.991. The van der Waals surface area contributed by atoms with Crippen LogP contribution in [0.4, 0.5) is 0 Å². The summed E-state index contributed by atoms with van der Waals surface area (Å²) in [6.07, 6.45) is 5.36. The Hall–Kier alpha value is -0.260. The van der Waals surface area contributed by atoms with E-state index in [1.807, 2.05) is 6.92 Å². The van der Waals surface area contributed by atoms with Crippen molar-refractivity contribution in [2.24, 2.45) is 0 Å². The monoisotopic (exact) mass is 160 g/mol. The molecule has 0 rings (SSSR count). The molecular weight excluding hydrogens is 142 g/mol. The summed E-state index contributed by atoms with van der Waals surface area (Å²) in [7, 11) is 8.09. The Morgan fingerprint density at radius 2 is 2.00 bits per heavy atom. The van der Waals surface area contributed by atoms with Gasteiger partial charge in [0.05, 0.1) is 0 Å². The van der Waals surface area contributed by atoms with Gasteiger partial charge in [0.1, 0.15) is 0 Å². The molecule has 0 aliphatic carbocycles. The first kappa shape index (κ1) is 11.7. The zero-order chi connectivity index (χ0) is 9.40. The number of rotatable bonds is 7. The van der Waals surface area contributed by atoms with Crippen molar-refractivity contribution in [2.75, 3.05) is 0 Å². The van der Waals surface area contributed by atoms with E-state index >= 15 is 0 Å². The first-order valence-corrected chi connectivity index (χ1v) is 4.73. The molecule has 0 spiro atoms. The van der Waals surface area contributed by atoms with E-state index in [1.54, 1.807) is 0 Å². The van der Waals surface area contributed by atoms with E-state index in [9.17, 15) is 0 Å². The van der Waals surface area contributed by atoms with Crippen LogP contribution < -0.4 is 0 Å².